The molecule has 70 valence electrons. The van der Waals surface area contributed by atoms with Crippen molar-refractivity contribution in [2.24, 2.45) is 11.3 Å². The number of carbonyl (C=O) groups excluding carboxylic acids is 1. The zero-order chi connectivity index (χ0) is 9.03. The van der Waals surface area contributed by atoms with E-state index in [9.17, 15) is 4.79 Å². The second-order valence-electron chi connectivity index (χ2n) is 4.16. The SMILES string of the molecule is CC1CCC(C=O)(CCCO)C1. The summed E-state index contributed by atoms with van der Waals surface area (Å²) in [5.41, 5.74) is -0.0812. The van der Waals surface area contributed by atoms with Crippen LogP contribution < -0.4 is 0 Å². The van der Waals surface area contributed by atoms with Crippen LogP contribution in [0.2, 0.25) is 0 Å². The van der Waals surface area contributed by atoms with Crippen molar-refractivity contribution < 1.29 is 9.90 Å². The molecule has 0 spiro atoms. The highest BCUT2D eigenvalue weighted by molar-refractivity contribution is 5.59. The monoisotopic (exact) mass is 170 g/mol. The van der Waals surface area contributed by atoms with E-state index < -0.39 is 0 Å². The van der Waals surface area contributed by atoms with Gasteiger partial charge in [0.15, 0.2) is 0 Å². The average Bonchev–Trinajstić information content (AvgIpc) is 2.45. The van der Waals surface area contributed by atoms with Crippen molar-refractivity contribution in [3.63, 3.8) is 0 Å². The number of aliphatic hydroxyl groups excluding tert-OH is 1. The molecule has 0 aliphatic heterocycles. The highest BCUT2D eigenvalue weighted by Gasteiger charge is 2.36. The maximum absolute atomic E-state index is 10.9. The largest absolute Gasteiger partial charge is 0.396 e. The lowest BCUT2D eigenvalue weighted by Gasteiger charge is -2.21. The lowest BCUT2D eigenvalue weighted by atomic mass is 9.82. The third kappa shape index (κ3) is 2.07. The van der Waals surface area contributed by atoms with E-state index in [2.05, 4.69) is 6.92 Å². The Kier molecular flexibility index (Phi) is 3.27. The Morgan fingerprint density at radius 1 is 1.67 bits per heavy atom. The molecule has 1 N–H and O–H groups in total. The predicted molar refractivity (Wildman–Crippen MR) is 47.8 cm³/mol. The Morgan fingerprint density at radius 3 is 2.83 bits per heavy atom. The van der Waals surface area contributed by atoms with E-state index in [1.807, 2.05) is 0 Å². The minimum absolute atomic E-state index is 0.0812. The quantitative estimate of drug-likeness (QED) is 0.653. The highest BCUT2D eigenvalue weighted by atomic mass is 16.2. The Hall–Kier alpha value is -0.370. The molecule has 0 heterocycles. The summed E-state index contributed by atoms with van der Waals surface area (Å²) in [4.78, 5) is 10.9. The molecular formula is C10H18O2. The van der Waals surface area contributed by atoms with Gasteiger partial charge in [-0.25, -0.2) is 0 Å². The van der Waals surface area contributed by atoms with Crippen LogP contribution in [0, 0.1) is 11.3 Å². The third-order valence-electron chi connectivity index (χ3n) is 2.97. The van der Waals surface area contributed by atoms with Crippen molar-refractivity contribution in [3.8, 4) is 0 Å². The fraction of sp³-hybridized carbons (Fsp3) is 0.900. The minimum Gasteiger partial charge on any atom is -0.396 e. The summed E-state index contributed by atoms with van der Waals surface area (Å²) in [5, 5.41) is 8.69. The second-order valence-corrected chi connectivity index (χ2v) is 4.16. The van der Waals surface area contributed by atoms with E-state index in [0.29, 0.717) is 5.92 Å². The zero-order valence-electron chi connectivity index (χ0n) is 7.75. The van der Waals surface area contributed by atoms with Crippen LogP contribution in [-0.4, -0.2) is 18.0 Å². The third-order valence-corrected chi connectivity index (χ3v) is 2.97. The summed E-state index contributed by atoms with van der Waals surface area (Å²) in [6, 6.07) is 0. The molecule has 0 aromatic rings. The van der Waals surface area contributed by atoms with Crippen molar-refractivity contribution in [2.75, 3.05) is 6.61 Å². The van der Waals surface area contributed by atoms with Gasteiger partial charge in [-0.1, -0.05) is 6.92 Å². The molecule has 1 aliphatic rings. The number of hydrogen-bond donors (Lipinski definition) is 1. The van der Waals surface area contributed by atoms with Gasteiger partial charge in [0.25, 0.3) is 0 Å². The average molecular weight is 170 g/mol. The number of rotatable bonds is 4. The number of hydrogen-bond acceptors (Lipinski definition) is 2. The van der Waals surface area contributed by atoms with Gasteiger partial charge >= 0.3 is 0 Å². The molecule has 2 heteroatoms. The molecule has 0 bridgehead atoms. The first kappa shape index (κ1) is 9.72. The van der Waals surface area contributed by atoms with E-state index in [-0.39, 0.29) is 12.0 Å². The lowest BCUT2D eigenvalue weighted by molar-refractivity contribution is -0.116. The van der Waals surface area contributed by atoms with Crippen molar-refractivity contribution in [3.05, 3.63) is 0 Å². The Balaban J connectivity index is 2.46. The van der Waals surface area contributed by atoms with Crippen molar-refractivity contribution in [2.45, 2.75) is 39.0 Å². The molecule has 1 saturated carbocycles. The summed E-state index contributed by atoms with van der Waals surface area (Å²) < 4.78 is 0. The van der Waals surface area contributed by atoms with E-state index in [4.69, 9.17) is 5.11 Å². The summed E-state index contributed by atoms with van der Waals surface area (Å²) >= 11 is 0. The summed E-state index contributed by atoms with van der Waals surface area (Å²) in [5.74, 6) is 0.689. The van der Waals surface area contributed by atoms with Crippen molar-refractivity contribution >= 4 is 6.29 Å². The van der Waals surface area contributed by atoms with E-state index in [0.717, 1.165) is 32.0 Å². The molecule has 1 fully saturated rings. The van der Waals surface area contributed by atoms with Crippen molar-refractivity contribution in [1.82, 2.24) is 0 Å². The van der Waals surface area contributed by atoms with Crippen LogP contribution in [0.25, 0.3) is 0 Å². The normalized spacial score (nSPS) is 35.3. The first-order valence-corrected chi connectivity index (χ1v) is 4.80. The topological polar surface area (TPSA) is 37.3 Å². The van der Waals surface area contributed by atoms with E-state index >= 15 is 0 Å². The van der Waals surface area contributed by atoms with Gasteiger partial charge in [-0.2, -0.15) is 0 Å². The summed E-state index contributed by atoms with van der Waals surface area (Å²) in [7, 11) is 0. The molecule has 2 atom stereocenters. The molecule has 0 radical (unpaired) electrons. The maximum atomic E-state index is 10.9. The van der Waals surface area contributed by atoms with Gasteiger partial charge in [-0.3, -0.25) is 0 Å². The fourth-order valence-corrected chi connectivity index (χ4v) is 2.26. The van der Waals surface area contributed by atoms with Gasteiger partial charge in [0, 0.05) is 12.0 Å². The molecule has 0 saturated heterocycles. The molecule has 2 unspecified atom stereocenters. The number of aldehydes is 1. The van der Waals surface area contributed by atoms with Crippen LogP contribution in [0.3, 0.4) is 0 Å². The van der Waals surface area contributed by atoms with Gasteiger partial charge in [0.2, 0.25) is 0 Å². The molecule has 1 rings (SSSR count). The Morgan fingerprint density at radius 2 is 2.42 bits per heavy atom. The highest BCUT2D eigenvalue weighted by Crippen LogP contribution is 2.43. The Labute approximate surface area is 74.0 Å². The van der Waals surface area contributed by atoms with Crippen molar-refractivity contribution in [1.29, 1.82) is 0 Å². The van der Waals surface area contributed by atoms with Gasteiger partial charge in [-0.05, 0) is 38.0 Å². The summed E-state index contributed by atoms with van der Waals surface area (Å²) in [6.45, 7) is 2.41. The predicted octanol–water partition coefficient (Wildman–Crippen LogP) is 1.76. The van der Waals surface area contributed by atoms with Crippen LogP contribution in [0.5, 0.6) is 0 Å². The minimum atomic E-state index is -0.0812. The lowest BCUT2D eigenvalue weighted by Crippen LogP contribution is -2.19. The van der Waals surface area contributed by atoms with Crippen LogP contribution in [-0.2, 0) is 4.79 Å². The maximum Gasteiger partial charge on any atom is 0.126 e. The zero-order valence-corrected chi connectivity index (χ0v) is 7.75. The molecule has 0 aromatic heterocycles. The molecule has 0 amide bonds. The van der Waals surface area contributed by atoms with E-state index in [1.165, 1.54) is 6.42 Å². The van der Waals surface area contributed by atoms with Crippen LogP contribution >= 0.6 is 0 Å². The number of carbonyl (C=O) groups is 1. The molecule has 1 aliphatic carbocycles. The van der Waals surface area contributed by atoms with Gasteiger partial charge in [0.1, 0.15) is 6.29 Å². The number of aliphatic hydroxyl groups is 1. The fourth-order valence-electron chi connectivity index (χ4n) is 2.26. The first-order chi connectivity index (χ1) is 5.72. The molecule has 12 heavy (non-hydrogen) atoms. The van der Waals surface area contributed by atoms with Crippen LogP contribution in [0.1, 0.15) is 39.0 Å². The van der Waals surface area contributed by atoms with E-state index in [1.54, 1.807) is 0 Å². The molecule has 2 nitrogen and oxygen atoms in total. The molecular weight excluding hydrogens is 152 g/mol. The molecule has 0 aromatic carbocycles. The standard InChI is InChI=1S/C10H18O2/c1-9-3-5-10(7-9,8-12)4-2-6-11/h8-9,11H,2-7H2,1H3. The summed E-state index contributed by atoms with van der Waals surface area (Å²) in [6.07, 6.45) is 5.98. The van der Waals surface area contributed by atoms with Gasteiger partial charge in [-0.15, -0.1) is 0 Å². The smallest absolute Gasteiger partial charge is 0.126 e. The van der Waals surface area contributed by atoms with Crippen LogP contribution in [0.15, 0.2) is 0 Å². The Bertz CT molecular complexity index is 156. The van der Waals surface area contributed by atoms with Gasteiger partial charge < -0.3 is 9.90 Å². The second kappa shape index (κ2) is 4.04. The van der Waals surface area contributed by atoms with Crippen LogP contribution in [0.4, 0.5) is 0 Å². The first-order valence-electron chi connectivity index (χ1n) is 4.80. The van der Waals surface area contributed by atoms with Gasteiger partial charge in [0.05, 0.1) is 0 Å².